The highest BCUT2D eigenvalue weighted by Gasteiger charge is 2.31. The Balaban J connectivity index is 2.34. The van der Waals surface area contributed by atoms with E-state index >= 15 is 0 Å². The summed E-state index contributed by atoms with van der Waals surface area (Å²) in [5.74, 6) is 0.206. The minimum Gasteiger partial charge on any atom is -0.368 e. The predicted octanol–water partition coefficient (Wildman–Crippen LogP) is 4.79. The van der Waals surface area contributed by atoms with E-state index in [0.29, 0.717) is 25.4 Å². The van der Waals surface area contributed by atoms with Crippen molar-refractivity contribution in [3.8, 4) is 0 Å². The Morgan fingerprint density at radius 1 is 1.39 bits per heavy atom. The monoisotopic (exact) mass is 451 g/mol. The van der Waals surface area contributed by atoms with E-state index in [0.717, 1.165) is 22.7 Å². The summed E-state index contributed by atoms with van der Waals surface area (Å²) in [7, 11) is 1.79. The molecule has 0 saturated carbocycles. The number of morpholine rings is 1. The number of rotatable bonds is 9. The molecule has 7 nitrogen and oxygen atoms in total. The molecule has 0 spiro atoms. The van der Waals surface area contributed by atoms with Crippen LogP contribution in [0.2, 0.25) is 0 Å². The van der Waals surface area contributed by atoms with Crippen LogP contribution in [0, 0.1) is 5.92 Å². The number of hydrogen-bond donors (Lipinski definition) is 0. The second kappa shape index (κ2) is 12.2. The topological polar surface area (TPSA) is 63.0 Å². The fourth-order valence-corrected chi connectivity index (χ4v) is 3.67. The fourth-order valence-electron chi connectivity index (χ4n) is 3.67. The van der Waals surface area contributed by atoms with Crippen LogP contribution in [0.15, 0.2) is 66.1 Å². The van der Waals surface area contributed by atoms with Gasteiger partial charge < -0.3 is 9.64 Å². The predicted molar refractivity (Wildman–Crippen MR) is 136 cm³/mol. The zero-order valence-electron chi connectivity index (χ0n) is 20.8. The van der Waals surface area contributed by atoms with Gasteiger partial charge in [-0.25, -0.2) is 5.01 Å². The van der Waals surface area contributed by atoms with E-state index < -0.39 is 0 Å². The summed E-state index contributed by atoms with van der Waals surface area (Å²) < 4.78 is 7.74. The van der Waals surface area contributed by atoms with E-state index in [1.54, 1.807) is 29.0 Å². The summed E-state index contributed by atoms with van der Waals surface area (Å²) in [6.45, 7) is 19.1. The maximum Gasteiger partial charge on any atom is 0.272 e. The molecule has 1 fully saturated rings. The van der Waals surface area contributed by atoms with Gasteiger partial charge in [0.15, 0.2) is 0 Å². The molecule has 1 aromatic rings. The third-order valence-electron chi connectivity index (χ3n) is 5.06. The van der Waals surface area contributed by atoms with Gasteiger partial charge >= 0.3 is 0 Å². The van der Waals surface area contributed by atoms with Crippen molar-refractivity contribution in [1.82, 2.24) is 19.7 Å². The highest BCUT2D eigenvalue weighted by atomic mass is 16.5. The molecule has 1 aliphatic rings. The molecule has 178 valence electrons. The molecule has 1 amide bonds. The third-order valence-corrected chi connectivity index (χ3v) is 5.06. The molecule has 0 N–H and O–H groups in total. The van der Waals surface area contributed by atoms with Crippen LogP contribution < -0.4 is 0 Å². The molecular weight excluding hydrogens is 414 g/mol. The van der Waals surface area contributed by atoms with Crippen LogP contribution in [0.25, 0.3) is 5.57 Å². The number of allylic oxidation sites excluding steroid dienone is 7. The Labute approximate surface area is 198 Å². The number of nitrogens with zero attached hydrogens (tertiary/aromatic N) is 5. The Bertz CT molecular complexity index is 981. The molecule has 2 rings (SSSR count). The van der Waals surface area contributed by atoms with E-state index in [9.17, 15) is 4.79 Å². The quantitative estimate of drug-likeness (QED) is 0.308. The minimum atomic E-state index is -0.308. The SMILES string of the molecule is C=C/C=C(\C=C/C)c1cc(C(=O)N2CCOC(/C(=C/C(C)C)N(/N=C\C)C(=C)C)C2)n(C)n1. The van der Waals surface area contributed by atoms with Crippen molar-refractivity contribution in [2.45, 2.75) is 40.7 Å². The van der Waals surface area contributed by atoms with Crippen LogP contribution in [0.4, 0.5) is 0 Å². The smallest absolute Gasteiger partial charge is 0.272 e. The Hall–Kier alpha value is -3.19. The lowest BCUT2D eigenvalue weighted by atomic mass is 10.1. The second-order valence-electron chi connectivity index (χ2n) is 8.26. The van der Waals surface area contributed by atoms with Crippen LogP contribution in [0.1, 0.15) is 50.8 Å². The van der Waals surface area contributed by atoms with Gasteiger partial charge in [-0.1, -0.05) is 57.4 Å². The van der Waals surface area contributed by atoms with Gasteiger partial charge in [0.2, 0.25) is 0 Å². The van der Waals surface area contributed by atoms with Crippen molar-refractivity contribution in [3.63, 3.8) is 0 Å². The van der Waals surface area contributed by atoms with Crippen LogP contribution in [0.5, 0.6) is 0 Å². The molecular formula is C26H37N5O2. The summed E-state index contributed by atoms with van der Waals surface area (Å²) in [6, 6.07) is 1.83. The Kier molecular flexibility index (Phi) is 9.60. The number of hydrazone groups is 1. The molecule has 7 heteroatoms. The summed E-state index contributed by atoms with van der Waals surface area (Å²) in [5, 5.41) is 10.8. The van der Waals surface area contributed by atoms with E-state index in [2.05, 4.69) is 43.3 Å². The van der Waals surface area contributed by atoms with Crippen LogP contribution in [0.3, 0.4) is 0 Å². The zero-order chi connectivity index (χ0) is 24.5. The van der Waals surface area contributed by atoms with Crippen molar-refractivity contribution in [3.05, 3.63) is 72.4 Å². The summed E-state index contributed by atoms with van der Waals surface area (Å²) in [5.41, 5.74) is 3.84. The molecule has 2 heterocycles. The number of carbonyl (C=O) groups excluding carboxylic acids is 1. The van der Waals surface area contributed by atoms with Crippen LogP contribution in [-0.4, -0.2) is 57.6 Å². The van der Waals surface area contributed by atoms with Gasteiger partial charge in [-0.15, -0.1) is 0 Å². The fraction of sp³-hybridized carbons (Fsp3) is 0.423. The maximum atomic E-state index is 13.5. The van der Waals surface area contributed by atoms with Gasteiger partial charge in [-0.05, 0) is 32.8 Å². The number of carbonyl (C=O) groups is 1. The van der Waals surface area contributed by atoms with Gasteiger partial charge in [0.05, 0.1) is 24.5 Å². The van der Waals surface area contributed by atoms with E-state index in [1.807, 2.05) is 50.0 Å². The summed E-state index contributed by atoms with van der Waals surface area (Å²) in [4.78, 5) is 15.3. The Morgan fingerprint density at radius 3 is 2.70 bits per heavy atom. The number of amides is 1. The van der Waals surface area contributed by atoms with Crippen LogP contribution >= 0.6 is 0 Å². The van der Waals surface area contributed by atoms with Gasteiger partial charge in [-0.2, -0.15) is 10.2 Å². The molecule has 1 aromatic heterocycles. The molecule has 0 bridgehead atoms. The molecule has 33 heavy (non-hydrogen) atoms. The molecule has 1 atom stereocenters. The first-order chi connectivity index (χ1) is 15.7. The summed E-state index contributed by atoms with van der Waals surface area (Å²) >= 11 is 0. The molecule has 1 saturated heterocycles. The normalized spacial score (nSPS) is 17.9. The van der Waals surface area contributed by atoms with E-state index in [-0.39, 0.29) is 17.9 Å². The highest BCUT2D eigenvalue weighted by Crippen LogP contribution is 2.25. The van der Waals surface area contributed by atoms with E-state index in [1.165, 1.54) is 0 Å². The standard InChI is InChI=1S/C26H37N5O2/c1-9-12-21(13-10-2)22-17-24(29(8)28-22)26(32)30-14-15-33-25(18-30)23(16-19(4)5)31(20(6)7)27-11-3/h9-13,16-17,19,25H,1,6,14-15,18H2,2-5,7-8H3/b13-10-,21-12+,23-16-,27-11-. The van der Waals surface area contributed by atoms with Crippen molar-refractivity contribution in [2.24, 2.45) is 18.1 Å². The minimum absolute atomic E-state index is 0.0762. The van der Waals surface area contributed by atoms with Crippen molar-refractivity contribution in [1.29, 1.82) is 0 Å². The summed E-state index contributed by atoms with van der Waals surface area (Å²) in [6.07, 6.45) is 11.0. The lowest BCUT2D eigenvalue weighted by Gasteiger charge is -2.37. The first-order valence-electron chi connectivity index (χ1n) is 11.3. The van der Waals surface area contributed by atoms with Gasteiger partial charge in [0.1, 0.15) is 11.8 Å². The number of ether oxygens (including phenoxy) is 1. The Morgan fingerprint density at radius 2 is 2.12 bits per heavy atom. The van der Waals surface area contributed by atoms with Gasteiger partial charge in [0, 0.05) is 31.1 Å². The van der Waals surface area contributed by atoms with Gasteiger partial charge in [0.25, 0.3) is 5.91 Å². The van der Waals surface area contributed by atoms with Crippen LogP contribution in [-0.2, 0) is 11.8 Å². The lowest BCUT2D eigenvalue weighted by Crippen LogP contribution is -2.48. The highest BCUT2D eigenvalue weighted by molar-refractivity contribution is 5.94. The lowest BCUT2D eigenvalue weighted by molar-refractivity contribution is -0.0144. The van der Waals surface area contributed by atoms with Gasteiger partial charge in [-0.3, -0.25) is 9.48 Å². The molecule has 1 aliphatic heterocycles. The van der Waals surface area contributed by atoms with Crippen molar-refractivity contribution in [2.75, 3.05) is 19.7 Å². The second-order valence-corrected chi connectivity index (χ2v) is 8.26. The number of aromatic nitrogens is 2. The van der Waals surface area contributed by atoms with E-state index in [4.69, 9.17) is 4.74 Å². The first-order valence-corrected chi connectivity index (χ1v) is 11.3. The zero-order valence-corrected chi connectivity index (χ0v) is 20.8. The molecule has 0 radical (unpaired) electrons. The molecule has 1 unspecified atom stereocenters. The average Bonchev–Trinajstić information content (AvgIpc) is 3.16. The number of hydrogen-bond acceptors (Lipinski definition) is 5. The third kappa shape index (κ3) is 6.65. The van der Waals surface area contributed by atoms with Crippen molar-refractivity contribution >= 4 is 17.7 Å². The number of aryl methyl sites for hydroxylation is 1. The largest absolute Gasteiger partial charge is 0.368 e. The maximum absolute atomic E-state index is 13.5. The van der Waals surface area contributed by atoms with Crippen molar-refractivity contribution < 1.29 is 9.53 Å². The molecule has 0 aliphatic carbocycles. The first kappa shape index (κ1) is 26.1. The molecule has 0 aromatic carbocycles. The average molecular weight is 452 g/mol.